The Labute approximate surface area is 118 Å². The van der Waals surface area contributed by atoms with Gasteiger partial charge >= 0.3 is 0 Å². The summed E-state index contributed by atoms with van der Waals surface area (Å²) in [4.78, 5) is 0.0497. The number of nitrogens with one attached hydrogen (secondary N) is 1. The number of hydrazine groups is 1. The third-order valence-corrected chi connectivity index (χ3v) is 7.11. The van der Waals surface area contributed by atoms with Gasteiger partial charge in [-0.2, -0.15) is 4.31 Å². The zero-order valence-electron chi connectivity index (χ0n) is 11.0. The first-order valence-electron chi connectivity index (χ1n) is 6.06. The highest BCUT2D eigenvalue weighted by Gasteiger charge is 2.37. The lowest BCUT2D eigenvalue weighted by Gasteiger charge is -2.32. The monoisotopic (exact) mass is 319 g/mol. The standard InChI is InChI=1S/C11H17N3O4S2/c1-9-8-19(15,16)7-6-14(9)20(17,18)11-5-3-2-4-10(11)13-12/h2-5,9,13H,6-8,12H2,1H3. The second kappa shape index (κ2) is 5.32. The largest absolute Gasteiger partial charge is 0.323 e. The number of rotatable bonds is 3. The molecule has 1 aromatic carbocycles. The third-order valence-electron chi connectivity index (χ3n) is 3.24. The number of benzene rings is 1. The maximum atomic E-state index is 12.6. The Hall–Kier alpha value is -1.16. The van der Waals surface area contributed by atoms with Crippen molar-refractivity contribution < 1.29 is 16.8 Å². The molecule has 1 unspecified atom stereocenters. The lowest BCUT2D eigenvalue weighted by molar-refractivity contribution is 0.357. The highest BCUT2D eigenvalue weighted by Crippen LogP contribution is 2.27. The summed E-state index contributed by atoms with van der Waals surface area (Å²) < 4.78 is 49.5. The van der Waals surface area contributed by atoms with Crippen molar-refractivity contribution in [3.63, 3.8) is 0 Å². The van der Waals surface area contributed by atoms with Crippen LogP contribution in [0.3, 0.4) is 0 Å². The molecule has 7 nitrogen and oxygen atoms in total. The number of hydrogen-bond donors (Lipinski definition) is 2. The van der Waals surface area contributed by atoms with Crippen LogP contribution in [0.1, 0.15) is 6.92 Å². The van der Waals surface area contributed by atoms with Crippen LogP contribution in [0.25, 0.3) is 0 Å². The molecule has 1 fully saturated rings. The lowest BCUT2D eigenvalue weighted by atomic mass is 10.3. The van der Waals surface area contributed by atoms with Gasteiger partial charge in [-0.25, -0.2) is 16.8 Å². The fraction of sp³-hybridized carbons (Fsp3) is 0.455. The average molecular weight is 319 g/mol. The predicted octanol–water partition coefficient (Wildman–Crippen LogP) is -0.220. The molecule has 1 heterocycles. The van der Waals surface area contributed by atoms with E-state index in [0.717, 1.165) is 0 Å². The van der Waals surface area contributed by atoms with E-state index < -0.39 is 25.9 Å². The van der Waals surface area contributed by atoms with Crippen molar-refractivity contribution in [1.29, 1.82) is 0 Å². The van der Waals surface area contributed by atoms with Gasteiger partial charge in [0.05, 0.1) is 17.2 Å². The van der Waals surface area contributed by atoms with Crippen LogP contribution in [0.15, 0.2) is 29.2 Å². The van der Waals surface area contributed by atoms with Crippen molar-refractivity contribution in [2.24, 2.45) is 5.84 Å². The van der Waals surface area contributed by atoms with Crippen molar-refractivity contribution >= 4 is 25.5 Å². The van der Waals surface area contributed by atoms with Crippen molar-refractivity contribution in [2.75, 3.05) is 23.5 Å². The second-order valence-corrected chi connectivity index (χ2v) is 8.81. The van der Waals surface area contributed by atoms with E-state index in [9.17, 15) is 16.8 Å². The van der Waals surface area contributed by atoms with Crippen molar-refractivity contribution in [3.8, 4) is 0 Å². The molecular formula is C11H17N3O4S2. The molecule has 0 bridgehead atoms. The molecule has 0 aromatic heterocycles. The van der Waals surface area contributed by atoms with Crippen LogP contribution in [0.4, 0.5) is 5.69 Å². The molecule has 1 atom stereocenters. The molecule has 3 N–H and O–H groups in total. The third kappa shape index (κ3) is 2.80. The van der Waals surface area contributed by atoms with Crippen molar-refractivity contribution in [2.45, 2.75) is 17.9 Å². The number of sulfonamides is 1. The molecule has 9 heteroatoms. The molecule has 20 heavy (non-hydrogen) atoms. The Morgan fingerprint density at radius 2 is 2.00 bits per heavy atom. The number of sulfone groups is 1. The Kier molecular flexibility index (Phi) is 4.05. The van der Waals surface area contributed by atoms with Gasteiger partial charge in [-0.1, -0.05) is 12.1 Å². The van der Waals surface area contributed by atoms with Gasteiger partial charge in [-0.15, -0.1) is 0 Å². The van der Waals surface area contributed by atoms with E-state index in [4.69, 9.17) is 5.84 Å². The Balaban J connectivity index is 2.41. The first kappa shape index (κ1) is 15.2. The molecule has 0 spiro atoms. The van der Waals surface area contributed by atoms with Crippen LogP contribution in [0.2, 0.25) is 0 Å². The summed E-state index contributed by atoms with van der Waals surface area (Å²) >= 11 is 0. The first-order valence-corrected chi connectivity index (χ1v) is 9.32. The minimum atomic E-state index is -3.78. The molecule has 2 rings (SSSR count). The molecule has 0 saturated carbocycles. The van der Waals surface area contributed by atoms with E-state index in [1.54, 1.807) is 25.1 Å². The maximum Gasteiger partial charge on any atom is 0.245 e. The van der Waals surface area contributed by atoms with Crippen LogP contribution >= 0.6 is 0 Å². The highest BCUT2D eigenvalue weighted by atomic mass is 32.2. The van der Waals surface area contributed by atoms with Gasteiger partial charge < -0.3 is 5.43 Å². The predicted molar refractivity (Wildman–Crippen MR) is 76.3 cm³/mol. The number of para-hydroxylation sites is 1. The highest BCUT2D eigenvalue weighted by molar-refractivity contribution is 7.92. The Morgan fingerprint density at radius 1 is 1.35 bits per heavy atom. The lowest BCUT2D eigenvalue weighted by Crippen LogP contribution is -2.49. The summed E-state index contributed by atoms with van der Waals surface area (Å²) in [5, 5.41) is 0. The smallest absolute Gasteiger partial charge is 0.245 e. The summed E-state index contributed by atoms with van der Waals surface area (Å²) in [6.45, 7) is 1.55. The van der Waals surface area contributed by atoms with Crippen molar-refractivity contribution in [1.82, 2.24) is 4.31 Å². The summed E-state index contributed by atoms with van der Waals surface area (Å²) in [6, 6.07) is 5.67. The first-order chi connectivity index (χ1) is 9.28. The van der Waals surface area contributed by atoms with Gasteiger partial charge in [-0.05, 0) is 19.1 Å². The molecule has 1 aliphatic rings. The van der Waals surface area contributed by atoms with Crippen LogP contribution in [0.5, 0.6) is 0 Å². The summed E-state index contributed by atoms with van der Waals surface area (Å²) in [6.07, 6.45) is 0. The summed E-state index contributed by atoms with van der Waals surface area (Å²) in [5.74, 6) is 5.01. The van der Waals surface area contributed by atoms with Gasteiger partial charge in [0.2, 0.25) is 10.0 Å². The van der Waals surface area contributed by atoms with Gasteiger partial charge in [0.1, 0.15) is 4.90 Å². The van der Waals surface area contributed by atoms with Gasteiger partial charge in [0.25, 0.3) is 0 Å². The maximum absolute atomic E-state index is 12.6. The van der Waals surface area contributed by atoms with Gasteiger partial charge in [-0.3, -0.25) is 5.84 Å². The Bertz CT molecular complexity index is 700. The van der Waals surface area contributed by atoms with E-state index in [1.807, 2.05) is 0 Å². The minimum absolute atomic E-state index is 0.0370. The van der Waals surface area contributed by atoms with Crippen LogP contribution in [-0.4, -0.2) is 45.2 Å². The Morgan fingerprint density at radius 3 is 2.60 bits per heavy atom. The van der Waals surface area contributed by atoms with Crippen molar-refractivity contribution in [3.05, 3.63) is 24.3 Å². The summed E-state index contributed by atoms with van der Waals surface area (Å²) in [5.41, 5.74) is 2.63. The zero-order chi connectivity index (χ0) is 15.0. The number of hydrogen-bond acceptors (Lipinski definition) is 6. The second-order valence-electron chi connectivity index (χ2n) is 4.72. The number of nitrogens with zero attached hydrogens (tertiary/aromatic N) is 1. The fourth-order valence-corrected chi connectivity index (χ4v) is 5.83. The van der Waals surface area contributed by atoms with E-state index in [1.165, 1.54) is 10.4 Å². The van der Waals surface area contributed by atoms with Gasteiger partial charge in [0, 0.05) is 12.6 Å². The van der Waals surface area contributed by atoms with Crippen LogP contribution < -0.4 is 11.3 Å². The zero-order valence-corrected chi connectivity index (χ0v) is 12.6. The van der Waals surface area contributed by atoms with E-state index in [2.05, 4.69) is 5.43 Å². The molecular weight excluding hydrogens is 302 g/mol. The number of anilines is 1. The van der Waals surface area contributed by atoms with E-state index >= 15 is 0 Å². The van der Waals surface area contributed by atoms with E-state index in [0.29, 0.717) is 0 Å². The number of nitrogens with two attached hydrogens (primary N) is 1. The average Bonchev–Trinajstić information content (AvgIpc) is 2.37. The molecule has 0 amide bonds. The molecule has 0 aliphatic carbocycles. The SMILES string of the molecule is CC1CS(=O)(=O)CCN1S(=O)(=O)c1ccccc1NN. The minimum Gasteiger partial charge on any atom is -0.323 e. The number of nitrogen functional groups attached to an aromatic ring is 1. The quantitative estimate of drug-likeness (QED) is 0.589. The molecule has 1 aliphatic heterocycles. The molecule has 112 valence electrons. The van der Waals surface area contributed by atoms with E-state index in [-0.39, 0.29) is 28.6 Å². The molecule has 1 saturated heterocycles. The van der Waals surface area contributed by atoms with Crippen LogP contribution in [0, 0.1) is 0 Å². The topological polar surface area (TPSA) is 110 Å². The fourth-order valence-electron chi connectivity index (χ4n) is 2.28. The molecule has 1 aromatic rings. The van der Waals surface area contributed by atoms with Crippen LogP contribution in [-0.2, 0) is 19.9 Å². The normalized spacial score (nSPS) is 23.4. The summed E-state index contributed by atoms with van der Waals surface area (Å²) in [7, 11) is -6.95. The molecule has 0 radical (unpaired) electrons. The van der Waals surface area contributed by atoms with Gasteiger partial charge in [0.15, 0.2) is 9.84 Å².